The molecule has 0 N–H and O–H groups in total. The van der Waals surface area contributed by atoms with E-state index in [0.717, 1.165) is 17.7 Å². The average molecular weight is 421 g/mol. The maximum Gasteiger partial charge on any atom is 0.139 e. The number of rotatable bonds is 10. The number of ketones is 1. The second-order valence-corrected chi connectivity index (χ2v) is 18.8. The van der Waals surface area contributed by atoms with Gasteiger partial charge in [-0.1, -0.05) is 115 Å². The van der Waals surface area contributed by atoms with E-state index in [1.165, 1.54) is 15.9 Å². The van der Waals surface area contributed by atoms with E-state index in [4.69, 9.17) is 0 Å². The topological polar surface area (TPSA) is 17.1 Å². The zero-order chi connectivity index (χ0) is 21.7. The van der Waals surface area contributed by atoms with E-state index in [9.17, 15) is 4.79 Å². The van der Waals surface area contributed by atoms with Crippen molar-refractivity contribution < 1.29 is 4.79 Å². The van der Waals surface area contributed by atoms with Crippen molar-refractivity contribution in [2.45, 2.75) is 52.0 Å². The molecule has 0 saturated heterocycles. The van der Waals surface area contributed by atoms with E-state index in [-0.39, 0.29) is 5.92 Å². The van der Waals surface area contributed by atoms with E-state index in [1.54, 1.807) is 0 Å². The molecule has 0 bridgehead atoms. The Kier molecular flexibility index (Phi) is 7.78. The lowest BCUT2D eigenvalue weighted by Crippen LogP contribution is -2.44. The molecule has 1 nitrogen and oxygen atoms in total. The van der Waals surface area contributed by atoms with Gasteiger partial charge in [-0.3, -0.25) is 4.79 Å². The maximum absolute atomic E-state index is 12.9. The second kappa shape index (κ2) is 9.68. The normalized spacial score (nSPS) is 13.0. The minimum absolute atomic E-state index is 0.000367. The maximum atomic E-state index is 12.9. The quantitative estimate of drug-likeness (QED) is 0.348. The van der Waals surface area contributed by atoms with Crippen molar-refractivity contribution in [1.29, 1.82) is 0 Å². The molecule has 2 aromatic carbocycles. The SMILES string of the molecule is C=C(CC(C)C(=O)CC(=C)[Si](C)(C)c1ccccc1)C[Si](C)(C)c1ccccc1. The average Bonchev–Trinajstić information content (AvgIpc) is 2.68. The number of allylic oxidation sites excluding steroid dienone is 2. The zero-order valence-corrected chi connectivity index (χ0v) is 20.8. The predicted octanol–water partition coefficient (Wildman–Crippen LogP) is 5.85. The first-order chi connectivity index (χ1) is 13.5. The number of carbonyl (C=O) groups is 1. The van der Waals surface area contributed by atoms with Crippen molar-refractivity contribution in [2.75, 3.05) is 0 Å². The third-order valence-corrected chi connectivity index (χ3v) is 13.2. The van der Waals surface area contributed by atoms with Gasteiger partial charge >= 0.3 is 0 Å². The van der Waals surface area contributed by atoms with Crippen LogP contribution in [0.2, 0.25) is 32.2 Å². The van der Waals surface area contributed by atoms with Crippen molar-refractivity contribution in [3.63, 3.8) is 0 Å². The van der Waals surface area contributed by atoms with Gasteiger partial charge in [-0.05, 0) is 12.5 Å². The van der Waals surface area contributed by atoms with Gasteiger partial charge in [-0.25, -0.2) is 0 Å². The lowest BCUT2D eigenvalue weighted by Gasteiger charge is -2.27. The van der Waals surface area contributed by atoms with Crippen LogP contribution in [0.4, 0.5) is 0 Å². The lowest BCUT2D eigenvalue weighted by molar-refractivity contribution is -0.121. The molecule has 0 fully saturated rings. The van der Waals surface area contributed by atoms with Crippen molar-refractivity contribution in [1.82, 2.24) is 0 Å². The molecule has 0 spiro atoms. The summed E-state index contributed by atoms with van der Waals surface area (Å²) in [6.07, 6.45) is 1.27. The Morgan fingerprint density at radius 1 is 0.862 bits per heavy atom. The molecule has 29 heavy (non-hydrogen) atoms. The van der Waals surface area contributed by atoms with Gasteiger partial charge in [-0.15, -0.1) is 13.2 Å². The molecule has 0 aromatic heterocycles. The summed E-state index contributed by atoms with van der Waals surface area (Å²) in [6.45, 7) is 20.1. The number of benzene rings is 2. The van der Waals surface area contributed by atoms with E-state index >= 15 is 0 Å². The first-order valence-corrected chi connectivity index (χ1v) is 16.7. The summed E-state index contributed by atoms with van der Waals surface area (Å²) in [4.78, 5) is 12.9. The van der Waals surface area contributed by atoms with Gasteiger partial charge in [0, 0.05) is 12.3 Å². The summed E-state index contributed by atoms with van der Waals surface area (Å²) in [5.74, 6) is 0.298. The van der Waals surface area contributed by atoms with Crippen LogP contribution in [0.1, 0.15) is 19.8 Å². The summed E-state index contributed by atoms with van der Waals surface area (Å²) in [5, 5.41) is 3.90. The Labute approximate surface area is 179 Å². The lowest BCUT2D eigenvalue weighted by atomic mass is 9.96. The highest BCUT2D eigenvalue weighted by molar-refractivity contribution is 6.95. The van der Waals surface area contributed by atoms with Gasteiger partial charge in [0.2, 0.25) is 0 Å². The summed E-state index contributed by atoms with van der Waals surface area (Å²) < 4.78 is 0. The number of carbonyl (C=O) groups excluding carboxylic acids is 1. The smallest absolute Gasteiger partial charge is 0.139 e. The second-order valence-electron chi connectivity index (χ2n) is 9.52. The van der Waals surface area contributed by atoms with Crippen LogP contribution in [0.3, 0.4) is 0 Å². The van der Waals surface area contributed by atoms with Crippen LogP contribution in [0.5, 0.6) is 0 Å². The van der Waals surface area contributed by atoms with Crippen LogP contribution in [-0.2, 0) is 4.79 Å². The highest BCUT2D eigenvalue weighted by Crippen LogP contribution is 2.25. The van der Waals surface area contributed by atoms with Crippen LogP contribution in [0.15, 0.2) is 84.6 Å². The predicted molar refractivity (Wildman–Crippen MR) is 134 cm³/mol. The van der Waals surface area contributed by atoms with Crippen molar-refractivity contribution in [2.24, 2.45) is 5.92 Å². The molecule has 2 aromatic rings. The summed E-state index contributed by atoms with van der Waals surface area (Å²) in [6, 6.07) is 22.3. The molecule has 1 unspecified atom stereocenters. The molecule has 0 aliphatic heterocycles. The molecule has 2 rings (SSSR count). The Balaban J connectivity index is 1.94. The van der Waals surface area contributed by atoms with E-state index < -0.39 is 16.1 Å². The summed E-state index contributed by atoms with van der Waals surface area (Å²) >= 11 is 0. The molecule has 0 radical (unpaired) electrons. The monoisotopic (exact) mass is 420 g/mol. The van der Waals surface area contributed by atoms with Crippen molar-refractivity contribution in [3.05, 3.63) is 84.6 Å². The first kappa shape index (κ1) is 23.3. The first-order valence-electron chi connectivity index (χ1n) is 10.5. The Morgan fingerprint density at radius 3 is 1.86 bits per heavy atom. The van der Waals surface area contributed by atoms with E-state index in [2.05, 4.69) is 101 Å². The van der Waals surface area contributed by atoms with Gasteiger partial charge in [0.25, 0.3) is 0 Å². The zero-order valence-electron chi connectivity index (χ0n) is 18.8. The fraction of sp³-hybridized carbons (Fsp3) is 0.346. The fourth-order valence-electron chi connectivity index (χ4n) is 3.90. The molecular formula is C26H36OSi2. The Hall–Kier alpha value is -1.98. The highest BCUT2D eigenvalue weighted by Gasteiger charge is 2.30. The Morgan fingerprint density at radius 2 is 1.34 bits per heavy atom. The van der Waals surface area contributed by atoms with E-state index in [1.807, 2.05) is 6.07 Å². The minimum atomic E-state index is -1.84. The van der Waals surface area contributed by atoms with Gasteiger partial charge in [0.05, 0.1) is 8.07 Å². The summed E-state index contributed by atoms with van der Waals surface area (Å²) in [5.41, 5.74) is 1.21. The van der Waals surface area contributed by atoms with Crippen LogP contribution in [0.25, 0.3) is 0 Å². The minimum Gasteiger partial charge on any atom is -0.299 e. The molecule has 3 heteroatoms. The molecule has 0 heterocycles. The largest absolute Gasteiger partial charge is 0.299 e. The molecule has 0 aliphatic rings. The van der Waals surface area contributed by atoms with Gasteiger partial charge in [-0.2, -0.15) is 0 Å². The van der Waals surface area contributed by atoms with Gasteiger partial charge in [0.15, 0.2) is 0 Å². The highest BCUT2D eigenvalue weighted by atomic mass is 28.3. The molecule has 0 saturated carbocycles. The molecule has 1 atom stereocenters. The third kappa shape index (κ3) is 6.25. The summed E-state index contributed by atoms with van der Waals surface area (Å²) in [7, 11) is -3.42. The van der Waals surface area contributed by atoms with Crippen molar-refractivity contribution in [3.8, 4) is 0 Å². The molecule has 154 valence electrons. The molecule has 0 amide bonds. The Bertz CT molecular complexity index is 851. The number of hydrogen-bond donors (Lipinski definition) is 0. The standard InChI is InChI=1S/C26H36OSi2/c1-21(20-28(4,5)24-14-10-8-11-15-24)18-22(2)26(27)19-23(3)29(6,7)25-16-12-9-13-17-25/h8-17,22H,1,3,18-20H2,2,4-7H3. The van der Waals surface area contributed by atoms with Gasteiger partial charge in [0.1, 0.15) is 13.9 Å². The number of hydrogen-bond acceptors (Lipinski definition) is 1. The van der Waals surface area contributed by atoms with Crippen molar-refractivity contribution >= 4 is 32.3 Å². The third-order valence-electron chi connectivity index (χ3n) is 6.16. The molecular weight excluding hydrogens is 384 g/mol. The van der Waals surface area contributed by atoms with Crippen LogP contribution in [0, 0.1) is 5.92 Å². The van der Waals surface area contributed by atoms with Crippen LogP contribution in [-0.4, -0.2) is 21.9 Å². The molecule has 0 aliphatic carbocycles. The van der Waals surface area contributed by atoms with E-state index in [0.29, 0.717) is 12.2 Å². The van der Waals surface area contributed by atoms with Gasteiger partial charge < -0.3 is 0 Å². The van der Waals surface area contributed by atoms with Crippen LogP contribution < -0.4 is 10.4 Å². The number of Topliss-reactive ketones (excluding diaryl/α,β-unsaturated/α-hetero) is 1. The van der Waals surface area contributed by atoms with Crippen LogP contribution >= 0.6 is 0 Å². The fourth-order valence-corrected chi connectivity index (χ4v) is 8.64.